The molecule has 0 spiro atoms. The number of carbonyl (C=O) groups is 1. The van der Waals surface area contributed by atoms with E-state index in [1.165, 1.54) is 4.90 Å². The third kappa shape index (κ3) is 3.90. The molecule has 0 unspecified atom stereocenters. The lowest BCUT2D eigenvalue weighted by atomic mass is 10.1. The Labute approximate surface area is 95.9 Å². The van der Waals surface area contributed by atoms with E-state index in [2.05, 4.69) is 5.32 Å². The molecule has 0 saturated carbocycles. The summed E-state index contributed by atoms with van der Waals surface area (Å²) in [5.41, 5.74) is 1.10. The molecule has 1 aromatic carbocycles. The van der Waals surface area contributed by atoms with Crippen LogP contribution in [0.5, 0.6) is 0 Å². The summed E-state index contributed by atoms with van der Waals surface area (Å²) in [6.07, 6.45) is 0.636. The maximum atomic E-state index is 11.4. The van der Waals surface area contributed by atoms with Crippen LogP contribution < -0.4 is 5.32 Å². The van der Waals surface area contributed by atoms with E-state index in [4.69, 9.17) is 0 Å². The van der Waals surface area contributed by atoms with Gasteiger partial charge in [-0.2, -0.15) is 0 Å². The smallest absolute Gasteiger partial charge is 0.317 e. The molecule has 0 heterocycles. The molecule has 1 rings (SSSR count). The third-order valence-electron chi connectivity index (χ3n) is 2.28. The molecular weight excluding hydrogens is 204 g/mol. The van der Waals surface area contributed by atoms with E-state index < -0.39 is 0 Å². The van der Waals surface area contributed by atoms with Crippen LogP contribution in [0, 0.1) is 0 Å². The summed E-state index contributed by atoms with van der Waals surface area (Å²) in [7, 11) is 3.35. The van der Waals surface area contributed by atoms with Crippen LogP contribution in [0.25, 0.3) is 0 Å². The fraction of sp³-hybridized carbons (Fsp3) is 0.417. The zero-order valence-corrected chi connectivity index (χ0v) is 9.68. The zero-order chi connectivity index (χ0) is 12.0. The number of urea groups is 1. The maximum Gasteiger partial charge on any atom is 0.317 e. The molecule has 1 aromatic rings. The van der Waals surface area contributed by atoms with Crippen LogP contribution in [0.2, 0.25) is 0 Å². The number of hydrogen-bond acceptors (Lipinski definition) is 2. The minimum absolute atomic E-state index is 0.0610. The third-order valence-corrected chi connectivity index (χ3v) is 2.28. The first kappa shape index (κ1) is 12.5. The van der Waals surface area contributed by atoms with Crippen molar-refractivity contribution in [3.8, 4) is 0 Å². The van der Waals surface area contributed by atoms with Gasteiger partial charge in [-0.3, -0.25) is 0 Å². The predicted octanol–water partition coefficient (Wildman–Crippen LogP) is 0.861. The van der Waals surface area contributed by atoms with Gasteiger partial charge in [-0.1, -0.05) is 30.3 Å². The van der Waals surface area contributed by atoms with E-state index >= 15 is 0 Å². The molecule has 0 saturated heterocycles. The highest BCUT2D eigenvalue weighted by atomic mass is 16.3. The molecular formula is C12H18N2O2. The normalized spacial score (nSPS) is 11.9. The number of carbonyl (C=O) groups excluding carboxylic acids is 1. The standard InChI is InChI=1S/C12H18N2O2/c1-14(2)12(16)13-11(9-15)8-10-6-4-3-5-7-10/h3-7,11,15H,8-9H2,1-2H3,(H,13,16)/t11-/m1/s1. The fourth-order valence-electron chi connectivity index (χ4n) is 1.36. The van der Waals surface area contributed by atoms with E-state index in [1.54, 1.807) is 14.1 Å². The molecule has 0 bridgehead atoms. The lowest BCUT2D eigenvalue weighted by Gasteiger charge is -2.19. The number of nitrogens with zero attached hydrogens (tertiary/aromatic N) is 1. The van der Waals surface area contributed by atoms with E-state index in [0.29, 0.717) is 6.42 Å². The first-order valence-electron chi connectivity index (χ1n) is 5.26. The van der Waals surface area contributed by atoms with Gasteiger partial charge in [-0.05, 0) is 12.0 Å². The summed E-state index contributed by atoms with van der Waals surface area (Å²) < 4.78 is 0. The van der Waals surface area contributed by atoms with Crippen LogP contribution >= 0.6 is 0 Å². The number of aliphatic hydroxyl groups is 1. The Hall–Kier alpha value is -1.55. The van der Waals surface area contributed by atoms with Crippen molar-refractivity contribution in [3.05, 3.63) is 35.9 Å². The van der Waals surface area contributed by atoms with E-state index in [9.17, 15) is 9.90 Å². The van der Waals surface area contributed by atoms with Crippen molar-refractivity contribution in [3.63, 3.8) is 0 Å². The molecule has 88 valence electrons. The minimum atomic E-state index is -0.239. The molecule has 0 aromatic heterocycles. The molecule has 2 amide bonds. The van der Waals surface area contributed by atoms with Gasteiger partial charge >= 0.3 is 6.03 Å². The Morgan fingerprint density at radius 1 is 1.38 bits per heavy atom. The second-order valence-corrected chi connectivity index (χ2v) is 3.91. The molecule has 1 atom stereocenters. The maximum absolute atomic E-state index is 11.4. The lowest BCUT2D eigenvalue weighted by molar-refractivity contribution is 0.197. The van der Waals surface area contributed by atoms with Crippen molar-refractivity contribution < 1.29 is 9.90 Å². The first-order valence-corrected chi connectivity index (χ1v) is 5.26. The van der Waals surface area contributed by atoms with Crippen LogP contribution in [0.3, 0.4) is 0 Å². The second kappa shape index (κ2) is 6.12. The molecule has 0 aliphatic heterocycles. The van der Waals surface area contributed by atoms with Gasteiger partial charge in [0.1, 0.15) is 0 Å². The summed E-state index contributed by atoms with van der Waals surface area (Å²) in [5, 5.41) is 11.9. The van der Waals surface area contributed by atoms with Crippen LogP contribution in [-0.4, -0.2) is 42.8 Å². The van der Waals surface area contributed by atoms with Gasteiger partial charge < -0.3 is 15.3 Å². The number of benzene rings is 1. The summed E-state index contributed by atoms with van der Waals surface area (Å²) in [6.45, 7) is -0.0610. The van der Waals surface area contributed by atoms with Crippen molar-refractivity contribution in [2.75, 3.05) is 20.7 Å². The topological polar surface area (TPSA) is 52.6 Å². The Morgan fingerprint density at radius 2 is 2.00 bits per heavy atom. The Bertz CT molecular complexity index is 325. The number of hydrogen-bond donors (Lipinski definition) is 2. The number of nitrogens with one attached hydrogen (secondary N) is 1. The van der Waals surface area contributed by atoms with Crippen molar-refractivity contribution >= 4 is 6.03 Å². The Morgan fingerprint density at radius 3 is 2.50 bits per heavy atom. The number of rotatable bonds is 4. The molecule has 16 heavy (non-hydrogen) atoms. The van der Waals surface area contributed by atoms with E-state index in [0.717, 1.165) is 5.56 Å². The van der Waals surface area contributed by atoms with Gasteiger partial charge in [0.15, 0.2) is 0 Å². The Kier molecular flexibility index (Phi) is 4.79. The van der Waals surface area contributed by atoms with Crippen LogP contribution in [0.4, 0.5) is 4.79 Å². The largest absolute Gasteiger partial charge is 0.394 e. The quantitative estimate of drug-likeness (QED) is 0.794. The highest BCUT2D eigenvalue weighted by Crippen LogP contribution is 2.03. The molecule has 4 heteroatoms. The SMILES string of the molecule is CN(C)C(=O)N[C@@H](CO)Cc1ccccc1. The molecule has 4 nitrogen and oxygen atoms in total. The van der Waals surface area contributed by atoms with Crippen molar-refractivity contribution in [2.24, 2.45) is 0 Å². The van der Waals surface area contributed by atoms with Gasteiger partial charge in [0, 0.05) is 14.1 Å². The van der Waals surface area contributed by atoms with Crippen molar-refractivity contribution in [1.82, 2.24) is 10.2 Å². The summed E-state index contributed by atoms with van der Waals surface area (Å²) in [6, 6.07) is 9.35. The van der Waals surface area contributed by atoms with Gasteiger partial charge in [0.05, 0.1) is 12.6 Å². The van der Waals surface area contributed by atoms with Gasteiger partial charge in [0.25, 0.3) is 0 Å². The van der Waals surface area contributed by atoms with Crippen LogP contribution in [-0.2, 0) is 6.42 Å². The van der Waals surface area contributed by atoms with E-state index in [1.807, 2.05) is 30.3 Å². The van der Waals surface area contributed by atoms with Gasteiger partial charge in [-0.25, -0.2) is 4.79 Å². The first-order chi connectivity index (χ1) is 7.63. The van der Waals surface area contributed by atoms with Crippen LogP contribution in [0.15, 0.2) is 30.3 Å². The average Bonchev–Trinajstić information content (AvgIpc) is 2.29. The lowest BCUT2D eigenvalue weighted by Crippen LogP contribution is -2.44. The highest BCUT2D eigenvalue weighted by molar-refractivity contribution is 5.73. The van der Waals surface area contributed by atoms with Gasteiger partial charge in [-0.15, -0.1) is 0 Å². The molecule has 0 fully saturated rings. The summed E-state index contributed by atoms with van der Waals surface area (Å²) in [5.74, 6) is 0. The van der Waals surface area contributed by atoms with Gasteiger partial charge in [0.2, 0.25) is 0 Å². The molecule has 0 aliphatic carbocycles. The second-order valence-electron chi connectivity index (χ2n) is 3.91. The summed E-state index contributed by atoms with van der Waals surface area (Å²) >= 11 is 0. The average molecular weight is 222 g/mol. The minimum Gasteiger partial charge on any atom is -0.394 e. The monoisotopic (exact) mass is 222 g/mol. The van der Waals surface area contributed by atoms with Crippen molar-refractivity contribution in [1.29, 1.82) is 0 Å². The molecule has 0 aliphatic rings. The zero-order valence-electron chi connectivity index (χ0n) is 9.68. The fourth-order valence-corrected chi connectivity index (χ4v) is 1.36. The van der Waals surface area contributed by atoms with Crippen molar-refractivity contribution in [2.45, 2.75) is 12.5 Å². The molecule has 0 radical (unpaired) electrons. The predicted molar refractivity (Wildman–Crippen MR) is 63.2 cm³/mol. The molecule has 2 N–H and O–H groups in total. The van der Waals surface area contributed by atoms with Crippen LogP contribution in [0.1, 0.15) is 5.56 Å². The highest BCUT2D eigenvalue weighted by Gasteiger charge is 2.12. The number of amides is 2. The summed E-state index contributed by atoms with van der Waals surface area (Å²) in [4.78, 5) is 12.9. The number of aliphatic hydroxyl groups excluding tert-OH is 1. The van der Waals surface area contributed by atoms with E-state index in [-0.39, 0.29) is 18.7 Å². The Balaban J connectivity index is 2.53.